The normalized spacial score (nSPS) is 11.2. The summed E-state index contributed by atoms with van der Waals surface area (Å²) in [4.78, 5) is 4.73. The molecule has 0 aliphatic rings. The number of hydrogen-bond donors (Lipinski definition) is 0. The fraction of sp³-hybridized carbons (Fsp3) is 0.102. The monoisotopic (exact) mass is 893 g/mol. The van der Waals surface area contributed by atoms with Crippen LogP contribution in [0.3, 0.4) is 0 Å². The summed E-state index contributed by atoms with van der Waals surface area (Å²) in [7, 11) is 0. The molecule has 55 heavy (non-hydrogen) atoms. The molecule has 9 aromatic rings. The van der Waals surface area contributed by atoms with Crippen molar-refractivity contribution in [1.82, 2.24) is 19.3 Å². The van der Waals surface area contributed by atoms with Gasteiger partial charge in [-0.15, -0.1) is 35.7 Å². The minimum absolute atomic E-state index is 0. The molecule has 0 unspecified atom stereocenters. The molecule has 0 aliphatic heterocycles. The van der Waals surface area contributed by atoms with Gasteiger partial charge in [-0.25, -0.2) is 4.98 Å². The Morgan fingerprint density at radius 1 is 0.618 bits per heavy atom. The molecular weight excluding hydrogens is 856 g/mol. The van der Waals surface area contributed by atoms with E-state index in [4.69, 9.17) is 14.8 Å². The topological polar surface area (TPSA) is 44.9 Å². The van der Waals surface area contributed by atoms with Gasteiger partial charge in [-0.05, 0) is 71.3 Å². The number of pyridine rings is 1. The van der Waals surface area contributed by atoms with Crippen LogP contribution >= 0.6 is 0 Å². The number of fused-ring (bicyclic) bond motifs is 3. The molecule has 3 heterocycles. The van der Waals surface area contributed by atoms with Gasteiger partial charge in [0.05, 0.1) is 5.69 Å². The Hall–Kier alpha value is -6.03. The van der Waals surface area contributed by atoms with Gasteiger partial charge in [0, 0.05) is 39.9 Å². The van der Waals surface area contributed by atoms with Gasteiger partial charge in [-0.1, -0.05) is 116 Å². The zero-order valence-electron chi connectivity index (χ0n) is 30.9. The van der Waals surface area contributed by atoms with Gasteiger partial charge in [0.25, 0.3) is 0 Å². The van der Waals surface area contributed by atoms with Crippen LogP contribution in [-0.2, 0) is 33.9 Å². The quantitative estimate of drug-likeness (QED) is 0.136. The Balaban J connectivity index is 0.00000427. The molecule has 6 heteroatoms. The van der Waals surface area contributed by atoms with Crippen molar-refractivity contribution >= 4 is 21.8 Å². The first kappa shape index (κ1) is 36.0. The molecule has 3 aromatic heterocycles. The molecule has 0 aliphatic carbocycles. The van der Waals surface area contributed by atoms with E-state index in [1.807, 2.05) is 41.2 Å². The van der Waals surface area contributed by atoms with E-state index in [-0.39, 0.29) is 21.1 Å². The molecular formula is C49H38N4OPt. The summed E-state index contributed by atoms with van der Waals surface area (Å²) >= 11 is 0. The first-order valence-corrected chi connectivity index (χ1v) is 18.5. The number of nitrogens with zero attached hydrogens (tertiary/aromatic N) is 4. The summed E-state index contributed by atoms with van der Waals surface area (Å²) < 4.78 is 10.8. The van der Waals surface area contributed by atoms with Crippen LogP contribution in [0.15, 0.2) is 152 Å². The van der Waals surface area contributed by atoms with Gasteiger partial charge in [0.2, 0.25) is 0 Å². The molecule has 0 amide bonds. The summed E-state index contributed by atoms with van der Waals surface area (Å²) in [5, 5.41) is 7.66. The first-order chi connectivity index (χ1) is 26.6. The second-order valence-electron chi connectivity index (χ2n) is 13.5. The van der Waals surface area contributed by atoms with Crippen LogP contribution in [0.5, 0.6) is 11.5 Å². The van der Waals surface area contributed by atoms with Crippen molar-refractivity contribution in [3.8, 4) is 56.6 Å². The van der Waals surface area contributed by atoms with Gasteiger partial charge in [0.1, 0.15) is 11.5 Å². The maximum Gasteiger partial charge on any atom is 2.00 e. The van der Waals surface area contributed by atoms with Crippen LogP contribution in [0.1, 0.15) is 30.5 Å². The molecule has 6 aromatic carbocycles. The maximum absolute atomic E-state index is 6.60. The van der Waals surface area contributed by atoms with Gasteiger partial charge < -0.3 is 9.30 Å². The summed E-state index contributed by atoms with van der Waals surface area (Å²) in [5.41, 5.74) is 12.9. The van der Waals surface area contributed by atoms with Crippen molar-refractivity contribution in [2.45, 2.75) is 33.6 Å². The van der Waals surface area contributed by atoms with E-state index in [9.17, 15) is 0 Å². The van der Waals surface area contributed by atoms with E-state index in [0.29, 0.717) is 11.5 Å². The SMILES string of the molecule is CCc1cccc(CC)c1-c1c(-c2ccccc2)nn(-c2[c-]c(Oc3[c-]c4c(cc3)c3ccccc3n4-c3cc(C)ccn3)ccc2)c1-c1ccccc1.[Pt+2]. The predicted molar refractivity (Wildman–Crippen MR) is 220 cm³/mol. The van der Waals surface area contributed by atoms with Gasteiger partial charge in [0.15, 0.2) is 0 Å². The van der Waals surface area contributed by atoms with Crippen molar-refractivity contribution < 1.29 is 25.8 Å². The van der Waals surface area contributed by atoms with E-state index in [0.717, 1.165) is 79.8 Å². The minimum atomic E-state index is 0. The number of aryl methyl sites for hydroxylation is 3. The minimum Gasteiger partial charge on any atom is -0.509 e. The van der Waals surface area contributed by atoms with Crippen LogP contribution in [0.4, 0.5) is 0 Å². The molecule has 270 valence electrons. The summed E-state index contributed by atoms with van der Waals surface area (Å²) in [6.45, 7) is 6.54. The van der Waals surface area contributed by atoms with E-state index in [1.165, 1.54) is 16.7 Å². The average Bonchev–Trinajstić information content (AvgIpc) is 3.78. The van der Waals surface area contributed by atoms with E-state index in [1.54, 1.807) is 0 Å². The summed E-state index contributed by atoms with van der Waals surface area (Å²) in [5.74, 6) is 2.00. The number of rotatable bonds is 9. The molecule has 0 spiro atoms. The molecule has 0 saturated heterocycles. The third-order valence-corrected chi connectivity index (χ3v) is 10.1. The molecule has 0 radical (unpaired) electrons. The van der Waals surface area contributed by atoms with Crippen LogP contribution in [0, 0.1) is 19.1 Å². The average molecular weight is 894 g/mol. The van der Waals surface area contributed by atoms with E-state index < -0.39 is 0 Å². The molecule has 0 N–H and O–H groups in total. The largest absolute Gasteiger partial charge is 2.00 e. The van der Waals surface area contributed by atoms with E-state index in [2.05, 4.69) is 153 Å². The maximum atomic E-state index is 6.60. The summed E-state index contributed by atoms with van der Waals surface area (Å²) in [6.07, 6.45) is 3.67. The molecule has 5 nitrogen and oxygen atoms in total. The van der Waals surface area contributed by atoms with Gasteiger partial charge >= 0.3 is 21.1 Å². The first-order valence-electron chi connectivity index (χ1n) is 18.5. The number of hydrogen-bond acceptors (Lipinski definition) is 3. The van der Waals surface area contributed by atoms with Crippen molar-refractivity contribution in [3.63, 3.8) is 0 Å². The van der Waals surface area contributed by atoms with Crippen LogP contribution in [-0.4, -0.2) is 19.3 Å². The zero-order valence-corrected chi connectivity index (χ0v) is 33.1. The Labute approximate surface area is 336 Å². The third kappa shape index (κ3) is 6.60. The number of aromatic nitrogens is 4. The fourth-order valence-electron chi connectivity index (χ4n) is 7.61. The number of para-hydroxylation sites is 1. The van der Waals surface area contributed by atoms with Crippen molar-refractivity contribution in [1.29, 1.82) is 0 Å². The second kappa shape index (κ2) is 15.4. The smallest absolute Gasteiger partial charge is 0.509 e. The van der Waals surface area contributed by atoms with Crippen molar-refractivity contribution in [2.24, 2.45) is 0 Å². The van der Waals surface area contributed by atoms with Gasteiger partial charge in [-0.3, -0.25) is 4.68 Å². The number of ether oxygens (including phenoxy) is 1. The fourth-order valence-corrected chi connectivity index (χ4v) is 7.61. The number of benzene rings is 6. The molecule has 0 saturated carbocycles. The van der Waals surface area contributed by atoms with Crippen LogP contribution in [0.25, 0.3) is 67.0 Å². The van der Waals surface area contributed by atoms with Gasteiger partial charge in [-0.2, -0.15) is 17.2 Å². The molecule has 0 bridgehead atoms. The molecule has 0 atom stereocenters. The van der Waals surface area contributed by atoms with Crippen LogP contribution < -0.4 is 4.74 Å². The van der Waals surface area contributed by atoms with E-state index >= 15 is 0 Å². The predicted octanol–water partition coefficient (Wildman–Crippen LogP) is 12.2. The Morgan fingerprint density at radius 2 is 1.29 bits per heavy atom. The summed E-state index contributed by atoms with van der Waals surface area (Å²) in [6, 6.07) is 57.5. The Bertz CT molecular complexity index is 2760. The van der Waals surface area contributed by atoms with Crippen molar-refractivity contribution in [3.05, 3.63) is 181 Å². The van der Waals surface area contributed by atoms with Crippen LogP contribution in [0.2, 0.25) is 0 Å². The van der Waals surface area contributed by atoms with Crippen molar-refractivity contribution in [2.75, 3.05) is 0 Å². The second-order valence-corrected chi connectivity index (χ2v) is 13.5. The standard InChI is InChI=1S/C49H38N4O.Pt/c1-4-34-20-14-21-35(5-2)46(34)47-48(36-16-8-6-9-17-36)51-53(49(47)37-18-10-7-11-19-37)38-22-15-23-39(31-38)54-40-26-27-42-41-24-12-13-25-43(41)52(44(42)32-40)45-30-33(3)28-29-50-45;/h6-30H,4-5H2,1-3H3;/q-2;+2. The molecule has 0 fully saturated rings. The zero-order chi connectivity index (χ0) is 36.6. The Morgan fingerprint density at radius 3 is 2.02 bits per heavy atom. The third-order valence-electron chi connectivity index (χ3n) is 10.1. The molecule has 9 rings (SSSR count). The Kier molecular flexibility index (Phi) is 10.1.